The van der Waals surface area contributed by atoms with Crippen molar-refractivity contribution < 1.29 is 23.8 Å². The van der Waals surface area contributed by atoms with Crippen LogP contribution in [-0.2, 0) is 29.1 Å². The van der Waals surface area contributed by atoms with Crippen molar-refractivity contribution in [3.05, 3.63) is 61.8 Å². The van der Waals surface area contributed by atoms with Crippen LogP contribution in [0.4, 0.5) is 5.69 Å². The van der Waals surface area contributed by atoms with Gasteiger partial charge in [-0.2, -0.15) is 0 Å². The van der Waals surface area contributed by atoms with E-state index in [0.717, 1.165) is 19.3 Å². The Morgan fingerprint density at radius 1 is 1.02 bits per heavy atom. The Morgan fingerprint density at radius 2 is 1.75 bits per heavy atom. The van der Waals surface area contributed by atoms with Gasteiger partial charge < -0.3 is 38.9 Å². The number of hydrogen-bond acceptors (Lipinski definition) is 11. The van der Waals surface area contributed by atoms with E-state index < -0.39 is 11.3 Å². The third-order valence-electron chi connectivity index (χ3n) is 11.1. The van der Waals surface area contributed by atoms with Gasteiger partial charge in [0.1, 0.15) is 17.8 Å². The normalized spacial score (nSPS) is 20.8. The summed E-state index contributed by atoms with van der Waals surface area (Å²) in [6.45, 7) is 7.51. The Labute approximate surface area is 300 Å². The van der Waals surface area contributed by atoms with Crippen LogP contribution in [0.1, 0.15) is 61.6 Å². The number of hydrogen-bond donors (Lipinski definition) is 2. The number of amides is 2. The summed E-state index contributed by atoms with van der Waals surface area (Å²) in [7, 11) is 4.38. The number of nitrogens with zero attached hydrogens (tertiary/aromatic N) is 7. The smallest absolute Gasteiger partial charge is 0.263 e. The number of rotatable bonds is 12. The first-order valence-electron chi connectivity index (χ1n) is 17.6. The van der Waals surface area contributed by atoms with Crippen LogP contribution in [0.2, 0.25) is 0 Å². The summed E-state index contributed by atoms with van der Waals surface area (Å²) in [5.74, 6) is 0.386. The minimum Gasteiger partial charge on any atom is -0.482 e. The number of aromatic nitrogens is 6. The van der Waals surface area contributed by atoms with E-state index in [2.05, 4.69) is 34.2 Å². The first-order valence-corrected chi connectivity index (χ1v) is 17.6. The van der Waals surface area contributed by atoms with Gasteiger partial charge in [0.05, 0.1) is 26.5 Å². The van der Waals surface area contributed by atoms with Gasteiger partial charge in [-0.3, -0.25) is 19.2 Å². The summed E-state index contributed by atoms with van der Waals surface area (Å²) in [4.78, 5) is 67.1. The molecule has 2 amide bonds. The number of nitrogens with one attached hydrogen (secondary N) is 2. The second-order valence-corrected chi connectivity index (χ2v) is 14.4. The van der Waals surface area contributed by atoms with Crippen molar-refractivity contribution in [3.63, 3.8) is 0 Å². The number of fused-ring (bicyclic) bond motifs is 1. The van der Waals surface area contributed by atoms with Crippen LogP contribution in [0.5, 0.6) is 11.8 Å². The fourth-order valence-corrected chi connectivity index (χ4v) is 8.29. The molecule has 52 heavy (non-hydrogen) atoms. The molecule has 0 aromatic carbocycles. The minimum absolute atomic E-state index is 0.0407. The van der Waals surface area contributed by atoms with Gasteiger partial charge >= 0.3 is 0 Å². The molecule has 8 rings (SSSR count). The molecule has 3 aliphatic carbocycles. The third kappa shape index (κ3) is 5.78. The van der Waals surface area contributed by atoms with Gasteiger partial charge in [0, 0.05) is 68.5 Å². The van der Waals surface area contributed by atoms with E-state index in [0.29, 0.717) is 65.0 Å². The maximum Gasteiger partial charge on any atom is 0.263 e. The molecule has 4 fully saturated rings. The molecule has 0 unspecified atom stereocenters. The van der Waals surface area contributed by atoms with Crippen molar-refractivity contribution in [3.8, 4) is 17.4 Å². The lowest BCUT2D eigenvalue weighted by Gasteiger charge is -2.72. The largest absolute Gasteiger partial charge is 0.482 e. The van der Waals surface area contributed by atoms with Crippen LogP contribution < -0.4 is 30.5 Å². The molecule has 4 aromatic rings. The monoisotopic (exact) mass is 715 g/mol. The van der Waals surface area contributed by atoms with E-state index >= 15 is 0 Å². The van der Waals surface area contributed by atoms with Crippen LogP contribution in [-0.4, -0.2) is 99.3 Å². The van der Waals surface area contributed by atoms with Crippen molar-refractivity contribution in [2.24, 2.45) is 11.3 Å². The van der Waals surface area contributed by atoms with Gasteiger partial charge in [-0.25, -0.2) is 4.98 Å². The first kappa shape index (κ1) is 35.2. The molecule has 5 heterocycles. The topological polar surface area (TPSA) is 179 Å². The molecule has 4 aromatic heterocycles. The van der Waals surface area contributed by atoms with Gasteiger partial charge in [-0.1, -0.05) is 20.8 Å². The highest BCUT2D eigenvalue weighted by atomic mass is 16.5. The predicted octanol–water partition coefficient (Wildman–Crippen LogP) is 2.05. The SMILES string of the molecule is CCc1c(N2CCN(C(=O)c3c(OC)[nH]cc(COC)c3=O)CC2)c(=O)c2nn(-c3ccnc(OC)c3)nc2n1CC(=O)NC12CC(C(C)C)(C1)C2. The molecule has 0 atom stereocenters. The predicted molar refractivity (Wildman–Crippen MR) is 191 cm³/mol. The lowest BCUT2D eigenvalue weighted by molar-refractivity contribution is -0.187. The highest BCUT2D eigenvalue weighted by Gasteiger charge is 2.69. The molecule has 16 nitrogen and oxygen atoms in total. The molecule has 1 saturated heterocycles. The van der Waals surface area contributed by atoms with Gasteiger partial charge in [0.15, 0.2) is 11.2 Å². The van der Waals surface area contributed by atoms with Crippen molar-refractivity contribution in [1.82, 2.24) is 39.7 Å². The van der Waals surface area contributed by atoms with Crippen molar-refractivity contribution in [2.75, 3.05) is 52.4 Å². The number of piperazine rings is 1. The van der Waals surface area contributed by atoms with Crippen LogP contribution in [0.25, 0.3) is 16.9 Å². The van der Waals surface area contributed by atoms with E-state index in [1.54, 1.807) is 27.8 Å². The summed E-state index contributed by atoms with van der Waals surface area (Å²) in [6.07, 6.45) is 6.41. The van der Waals surface area contributed by atoms with Crippen molar-refractivity contribution >= 4 is 28.7 Å². The van der Waals surface area contributed by atoms with Crippen molar-refractivity contribution in [2.45, 2.75) is 65.1 Å². The van der Waals surface area contributed by atoms with Crippen LogP contribution in [0.3, 0.4) is 0 Å². The fourth-order valence-electron chi connectivity index (χ4n) is 8.29. The Hall–Kier alpha value is -5.25. The number of carbonyl (C=O) groups excluding carboxylic acids is 2. The fraction of sp³-hybridized carbons (Fsp3) is 0.528. The molecule has 4 aliphatic rings. The molecule has 0 radical (unpaired) electrons. The minimum atomic E-state index is -0.473. The Kier molecular flexibility index (Phi) is 9.05. The summed E-state index contributed by atoms with van der Waals surface area (Å²) < 4.78 is 17.6. The van der Waals surface area contributed by atoms with Crippen LogP contribution in [0, 0.1) is 11.3 Å². The van der Waals surface area contributed by atoms with Crippen LogP contribution >= 0.6 is 0 Å². The maximum atomic E-state index is 14.4. The van der Waals surface area contributed by atoms with E-state index in [9.17, 15) is 19.2 Å². The van der Waals surface area contributed by atoms with E-state index in [-0.39, 0.29) is 60.1 Å². The standard InChI is InChI=1S/C36H45N9O7/c1-7-24-29(42-10-12-43(13-11-42)34(49)27-30(47)22(17-50-4)15-38-33(27)52-6)31(48)28-32(41-45(40-28)23-8-9-37-26(14-23)51-5)44(24)16-25(46)39-36-18-35(19-36,20-36)21(2)3/h8-9,14-15,21H,7,10-13,16-20H2,1-6H3,(H,38,47)(H,39,46). The van der Waals surface area contributed by atoms with E-state index in [4.69, 9.17) is 19.3 Å². The lowest BCUT2D eigenvalue weighted by atomic mass is 9.36. The summed E-state index contributed by atoms with van der Waals surface area (Å²) >= 11 is 0. The number of carbonyl (C=O) groups is 2. The average molecular weight is 716 g/mol. The first-order chi connectivity index (χ1) is 25.0. The van der Waals surface area contributed by atoms with Gasteiger partial charge in [-0.05, 0) is 43.1 Å². The summed E-state index contributed by atoms with van der Waals surface area (Å²) in [5, 5.41) is 12.7. The highest BCUT2D eigenvalue weighted by Crippen LogP contribution is 2.70. The number of ether oxygens (including phenoxy) is 3. The molecule has 2 bridgehead atoms. The summed E-state index contributed by atoms with van der Waals surface area (Å²) in [5.41, 5.74) is 1.59. The number of methoxy groups -OCH3 is 3. The van der Waals surface area contributed by atoms with Crippen LogP contribution in [0.15, 0.2) is 34.1 Å². The van der Waals surface area contributed by atoms with E-state index in [1.807, 2.05) is 11.8 Å². The zero-order valence-corrected chi connectivity index (χ0v) is 30.4. The van der Waals surface area contributed by atoms with Gasteiger partial charge in [-0.15, -0.1) is 15.0 Å². The second-order valence-electron chi connectivity index (χ2n) is 14.4. The summed E-state index contributed by atoms with van der Waals surface area (Å²) in [6, 6.07) is 3.37. The Morgan fingerprint density at radius 3 is 2.38 bits per heavy atom. The molecular weight excluding hydrogens is 670 g/mol. The molecular formula is C36H45N9O7. The van der Waals surface area contributed by atoms with Gasteiger partial charge in [0.2, 0.25) is 28.5 Å². The molecule has 276 valence electrons. The zero-order chi connectivity index (χ0) is 36.9. The number of anilines is 1. The van der Waals surface area contributed by atoms with Gasteiger partial charge in [0.25, 0.3) is 5.91 Å². The van der Waals surface area contributed by atoms with Crippen molar-refractivity contribution in [1.29, 1.82) is 0 Å². The third-order valence-corrected chi connectivity index (χ3v) is 11.1. The molecule has 2 N–H and O–H groups in total. The number of H-pyrrole nitrogens is 1. The molecule has 3 saturated carbocycles. The average Bonchev–Trinajstić information content (AvgIpc) is 3.57. The Balaban J connectivity index is 1.22. The quantitative estimate of drug-likeness (QED) is 0.219. The van der Waals surface area contributed by atoms with E-state index in [1.165, 1.54) is 32.3 Å². The number of pyridine rings is 3. The molecule has 16 heteroatoms. The zero-order valence-electron chi connectivity index (χ0n) is 30.4. The molecule has 0 spiro atoms. The molecule has 1 aliphatic heterocycles. The maximum absolute atomic E-state index is 14.4. The Bertz CT molecular complexity index is 2140. The number of aromatic amines is 1. The lowest BCUT2D eigenvalue weighted by Crippen LogP contribution is -2.76. The second kappa shape index (κ2) is 13.4. The highest BCUT2D eigenvalue weighted by molar-refractivity contribution is 5.96.